The summed E-state index contributed by atoms with van der Waals surface area (Å²) in [6.45, 7) is 8.12. The Hall–Kier alpha value is -0.830. The van der Waals surface area contributed by atoms with Crippen LogP contribution in [0, 0.1) is 11.8 Å². The fourth-order valence-electron chi connectivity index (χ4n) is 2.75. The molecule has 0 bridgehead atoms. The van der Waals surface area contributed by atoms with Crippen molar-refractivity contribution in [2.75, 3.05) is 13.1 Å². The predicted octanol–water partition coefficient (Wildman–Crippen LogP) is 2.91. The van der Waals surface area contributed by atoms with Crippen molar-refractivity contribution in [2.24, 2.45) is 11.8 Å². The van der Waals surface area contributed by atoms with Crippen LogP contribution < -0.4 is 0 Å². The number of aromatic amines is 1. The number of nitrogens with one attached hydrogen (secondary N) is 1. The Bertz CT molecular complexity index is 298. The maximum absolute atomic E-state index is 4.30. The van der Waals surface area contributed by atoms with Crippen molar-refractivity contribution in [2.45, 2.75) is 39.7 Å². The van der Waals surface area contributed by atoms with Gasteiger partial charge in [-0.25, -0.2) is 4.98 Å². The standard InChI is InChI=1S/C13H23N3.H2/c1-11(2)8-12-4-3-7-16(9-12)10-13-14-5-6-15-13;/h5-6,11-12H,3-4,7-10H2,1-2H3,(H,14,15);1H. The largest absolute Gasteiger partial charge is 0.348 e. The van der Waals surface area contributed by atoms with Gasteiger partial charge in [-0.3, -0.25) is 4.90 Å². The number of hydrogen-bond donors (Lipinski definition) is 1. The van der Waals surface area contributed by atoms with E-state index in [1.165, 1.54) is 32.4 Å². The third kappa shape index (κ3) is 3.34. The number of nitrogens with zero attached hydrogens (tertiary/aromatic N) is 2. The first-order valence-electron chi connectivity index (χ1n) is 6.44. The lowest BCUT2D eigenvalue weighted by atomic mass is 9.90. The molecule has 1 aliphatic rings. The average molecular weight is 223 g/mol. The molecule has 1 aliphatic heterocycles. The molecule has 1 fully saturated rings. The highest BCUT2D eigenvalue weighted by atomic mass is 15.2. The van der Waals surface area contributed by atoms with Crippen molar-refractivity contribution >= 4 is 0 Å². The van der Waals surface area contributed by atoms with Crippen molar-refractivity contribution in [3.8, 4) is 0 Å². The number of H-pyrrole nitrogens is 1. The van der Waals surface area contributed by atoms with Crippen LogP contribution in [0.3, 0.4) is 0 Å². The quantitative estimate of drug-likeness (QED) is 0.851. The fourth-order valence-corrected chi connectivity index (χ4v) is 2.75. The van der Waals surface area contributed by atoms with Crippen LogP contribution in [0.4, 0.5) is 0 Å². The van der Waals surface area contributed by atoms with Crippen molar-refractivity contribution in [1.29, 1.82) is 0 Å². The van der Waals surface area contributed by atoms with Gasteiger partial charge >= 0.3 is 0 Å². The maximum Gasteiger partial charge on any atom is 0.120 e. The molecular weight excluding hydrogens is 198 g/mol. The van der Waals surface area contributed by atoms with Gasteiger partial charge in [0.05, 0.1) is 6.54 Å². The lowest BCUT2D eigenvalue weighted by Crippen LogP contribution is -2.35. The normalized spacial score (nSPS) is 22.8. The van der Waals surface area contributed by atoms with Crippen LogP contribution in [0.1, 0.15) is 40.4 Å². The van der Waals surface area contributed by atoms with E-state index in [-0.39, 0.29) is 1.43 Å². The summed E-state index contributed by atoms with van der Waals surface area (Å²) in [7, 11) is 0. The van der Waals surface area contributed by atoms with Gasteiger partial charge in [-0.15, -0.1) is 0 Å². The molecular formula is C13H25N3. The Balaban J connectivity index is 0.00000144. The van der Waals surface area contributed by atoms with Gasteiger partial charge in [0.1, 0.15) is 5.82 Å². The molecule has 3 nitrogen and oxygen atoms in total. The summed E-state index contributed by atoms with van der Waals surface area (Å²) >= 11 is 0. The second-order valence-electron chi connectivity index (χ2n) is 5.41. The van der Waals surface area contributed by atoms with Crippen LogP contribution in [0.25, 0.3) is 0 Å². The third-order valence-electron chi connectivity index (χ3n) is 3.34. The van der Waals surface area contributed by atoms with Crippen LogP contribution >= 0.6 is 0 Å². The van der Waals surface area contributed by atoms with E-state index in [9.17, 15) is 0 Å². The number of imidazole rings is 1. The number of hydrogen-bond acceptors (Lipinski definition) is 2. The molecule has 0 saturated carbocycles. The van der Waals surface area contributed by atoms with E-state index < -0.39 is 0 Å². The molecule has 2 heterocycles. The molecule has 0 aliphatic carbocycles. The van der Waals surface area contributed by atoms with Gasteiger partial charge in [0, 0.05) is 20.4 Å². The molecule has 92 valence electrons. The van der Waals surface area contributed by atoms with Gasteiger partial charge in [0.2, 0.25) is 0 Å². The van der Waals surface area contributed by atoms with E-state index in [0.29, 0.717) is 0 Å². The Morgan fingerprint density at radius 2 is 2.50 bits per heavy atom. The van der Waals surface area contributed by atoms with E-state index >= 15 is 0 Å². The molecule has 2 rings (SSSR count). The number of piperidine rings is 1. The fraction of sp³-hybridized carbons (Fsp3) is 0.769. The Kier molecular flexibility index (Phi) is 3.99. The van der Waals surface area contributed by atoms with Gasteiger partial charge in [-0.05, 0) is 37.6 Å². The van der Waals surface area contributed by atoms with Gasteiger partial charge in [-0.1, -0.05) is 13.8 Å². The van der Waals surface area contributed by atoms with Crippen LogP contribution in [-0.4, -0.2) is 28.0 Å². The number of likely N-dealkylation sites (tertiary alicyclic amines) is 1. The molecule has 1 unspecified atom stereocenters. The van der Waals surface area contributed by atoms with Crippen LogP contribution in [0.2, 0.25) is 0 Å². The Morgan fingerprint density at radius 3 is 3.19 bits per heavy atom. The smallest absolute Gasteiger partial charge is 0.120 e. The molecule has 0 amide bonds. The molecule has 1 aromatic rings. The SMILES string of the molecule is CC(C)CC1CCCN(Cc2ncc[nH]2)C1.[HH]. The molecule has 1 aromatic heterocycles. The lowest BCUT2D eigenvalue weighted by Gasteiger charge is -2.32. The van der Waals surface area contributed by atoms with Gasteiger partial charge in [0.25, 0.3) is 0 Å². The zero-order valence-corrected chi connectivity index (χ0v) is 10.4. The van der Waals surface area contributed by atoms with Gasteiger partial charge in [0.15, 0.2) is 0 Å². The summed E-state index contributed by atoms with van der Waals surface area (Å²) in [5.74, 6) is 2.82. The van der Waals surface area contributed by atoms with Crippen molar-refractivity contribution < 1.29 is 1.43 Å². The summed E-state index contributed by atoms with van der Waals surface area (Å²) in [6.07, 6.45) is 7.87. The molecule has 1 N–H and O–H groups in total. The van der Waals surface area contributed by atoms with Crippen LogP contribution in [0.5, 0.6) is 0 Å². The van der Waals surface area contributed by atoms with E-state index in [4.69, 9.17) is 0 Å². The topological polar surface area (TPSA) is 31.9 Å². The van der Waals surface area contributed by atoms with Crippen LogP contribution in [-0.2, 0) is 6.54 Å². The minimum Gasteiger partial charge on any atom is -0.348 e. The Labute approximate surface area is 99.7 Å². The zero-order valence-electron chi connectivity index (χ0n) is 10.4. The van der Waals surface area contributed by atoms with Crippen molar-refractivity contribution in [3.05, 3.63) is 18.2 Å². The van der Waals surface area contributed by atoms with E-state index in [2.05, 4.69) is 28.7 Å². The minimum atomic E-state index is 0. The molecule has 3 heteroatoms. The maximum atomic E-state index is 4.30. The summed E-state index contributed by atoms with van der Waals surface area (Å²) < 4.78 is 0. The molecule has 0 radical (unpaired) electrons. The zero-order chi connectivity index (χ0) is 11.4. The average Bonchev–Trinajstić information content (AvgIpc) is 2.70. The first-order chi connectivity index (χ1) is 7.74. The third-order valence-corrected chi connectivity index (χ3v) is 3.34. The number of aromatic nitrogens is 2. The molecule has 0 aromatic carbocycles. The summed E-state index contributed by atoms with van der Waals surface area (Å²) in [6, 6.07) is 0. The lowest BCUT2D eigenvalue weighted by molar-refractivity contribution is 0.150. The van der Waals surface area contributed by atoms with E-state index in [1.807, 2.05) is 12.4 Å². The first-order valence-corrected chi connectivity index (χ1v) is 6.44. The minimum absolute atomic E-state index is 0. The number of rotatable bonds is 4. The first kappa shape index (κ1) is 11.6. The highest BCUT2D eigenvalue weighted by Gasteiger charge is 2.20. The summed E-state index contributed by atoms with van der Waals surface area (Å²) in [5.41, 5.74) is 0. The molecule has 0 spiro atoms. The van der Waals surface area contributed by atoms with E-state index in [1.54, 1.807) is 0 Å². The highest BCUT2D eigenvalue weighted by Crippen LogP contribution is 2.23. The Morgan fingerprint density at radius 1 is 1.62 bits per heavy atom. The molecule has 1 saturated heterocycles. The summed E-state index contributed by atoms with van der Waals surface area (Å²) in [4.78, 5) is 10.0. The predicted molar refractivity (Wildman–Crippen MR) is 68.2 cm³/mol. The summed E-state index contributed by atoms with van der Waals surface area (Å²) in [5, 5.41) is 0. The molecule has 1 atom stereocenters. The monoisotopic (exact) mass is 223 g/mol. The van der Waals surface area contributed by atoms with Gasteiger partial charge in [-0.2, -0.15) is 0 Å². The highest BCUT2D eigenvalue weighted by molar-refractivity contribution is 4.88. The molecule has 16 heavy (non-hydrogen) atoms. The second kappa shape index (κ2) is 5.48. The second-order valence-corrected chi connectivity index (χ2v) is 5.41. The van der Waals surface area contributed by atoms with Gasteiger partial charge < -0.3 is 4.98 Å². The van der Waals surface area contributed by atoms with Crippen molar-refractivity contribution in [1.82, 2.24) is 14.9 Å². The van der Waals surface area contributed by atoms with Crippen molar-refractivity contribution in [3.63, 3.8) is 0 Å². The van der Waals surface area contributed by atoms with E-state index in [0.717, 1.165) is 24.2 Å². The van der Waals surface area contributed by atoms with Crippen LogP contribution in [0.15, 0.2) is 12.4 Å².